The second kappa shape index (κ2) is 12.7. The van der Waals surface area contributed by atoms with Gasteiger partial charge >= 0.3 is 0 Å². The van der Waals surface area contributed by atoms with Crippen molar-refractivity contribution in [2.24, 2.45) is 0 Å². The third-order valence-electron chi connectivity index (χ3n) is 7.32. The molecule has 3 aromatic rings. The second-order valence-corrected chi connectivity index (χ2v) is 9.99. The summed E-state index contributed by atoms with van der Waals surface area (Å²) >= 11 is 0. The summed E-state index contributed by atoms with van der Waals surface area (Å²) in [6.07, 6.45) is 13.9. The van der Waals surface area contributed by atoms with Crippen LogP contribution in [-0.2, 0) is 19.5 Å². The molecule has 1 heterocycles. The number of amides is 1. The molecular weight excluding hydrogens is 435 g/mol. The number of benzene rings is 2. The zero-order valence-corrected chi connectivity index (χ0v) is 21.1. The summed E-state index contributed by atoms with van der Waals surface area (Å²) < 4.78 is 15.5. The van der Waals surface area contributed by atoms with Gasteiger partial charge in [0.1, 0.15) is 5.82 Å². The Kier molecular flexibility index (Phi) is 9.16. The number of carbonyl (C=O) groups excluding carboxylic acids is 1. The molecule has 1 aromatic heterocycles. The van der Waals surface area contributed by atoms with Gasteiger partial charge in [-0.05, 0) is 73.2 Å². The van der Waals surface area contributed by atoms with Gasteiger partial charge in [-0.3, -0.25) is 4.79 Å². The van der Waals surface area contributed by atoms with Crippen LogP contribution >= 0.6 is 0 Å². The zero-order valence-electron chi connectivity index (χ0n) is 21.1. The van der Waals surface area contributed by atoms with Crippen molar-refractivity contribution >= 4 is 5.91 Å². The lowest BCUT2D eigenvalue weighted by atomic mass is 9.93. The van der Waals surface area contributed by atoms with Crippen molar-refractivity contribution in [1.82, 2.24) is 9.47 Å². The van der Waals surface area contributed by atoms with Crippen molar-refractivity contribution in [3.05, 3.63) is 95.1 Å². The van der Waals surface area contributed by atoms with Gasteiger partial charge in [-0.2, -0.15) is 0 Å². The number of hydrogen-bond acceptors (Lipinski definition) is 1. The van der Waals surface area contributed by atoms with Crippen LogP contribution in [0.25, 0.3) is 0 Å². The van der Waals surface area contributed by atoms with Crippen molar-refractivity contribution < 1.29 is 9.18 Å². The van der Waals surface area contributed by atoms with Crippen molar-refractivity contribution in [3.63, 3.8) is 0 Å². The largest absolute Gasteiger partial charge is 0.345 e. The lowest BCUT2D eigenvalue weighted by molar-refractivity contribution is 0.0608. The van der Waals surface area contributed by atoms with Crippen molar-refractivity contribution in [2.75, 3.05) is 0 Å². The highest BCUT2D eigenvalue weighted by Crippen LogP contribution is 2.26. The number of aromatic nitrogens is 1. The molecule has 0 saturated heterocycles. The molecule has 4 rings (SSSR count). The van der Waals surface area contributed by atoms with Gasteiger partial charge in [0.05, 0.1) is 6.54 Å². The molecule has 1 amide bonds. The smallest absolute Gasteiger partial charge is 0.254 e. The number of rotatable bonds is 11. The van der Waals surface area contributed by atoms with E-state index in [1.165, 1.54) is 62.6 Å². The molecule has 2 aromatic carbocycles. The number of unbranched alkanes of at least 4 members (excludes halogenated alkanes) is 3. The quantitative estimate of drug-likeness (QED) is 0.261. The molecule has 4 heteroatoms. The van der Waals surface area contributed by atoms with Crippen LogP contribution in [0.4, 0.5) is 4.39 Å². The summed E-state index contributed by atoms with van der Waals surface area (Å²) in [5, 5.41) is 0. The van der Waals surface area contributed by atoms with E-state index in [2.05, 4.69) is 40.8 Å². The highest BCUT2D eigenvalue weighted by Gasteiger charge is 2.27. The van der Waals surface area contributed by atoms with E-state index in [0.29, 0.717) is 13.1 Å². The van der Waals surface area contributed by atoms with Crippen LogP contribution in [0.1, 0.15) is 91.9 Å². The Morgan fingerprint density at radius 2 is 1.63 bits per heavy atom. The van der Waals surface area contributed by atoms with Crippen LogP contribution < -0.4 is 0 Å². The number of aryl methyl sites for hydroxylation is 1. The Balaban J connectivity index is 1.48. The van der Waals surface area contributed by atoms with Crippen LogP contribution in [0.15, 0.2) is 66.9 Å². The van der Waals surface area contributed by atoms with Gasteiger partial charge < -0.3 is 9.47 Å². The fraction of sp³-hybridized carbons (Fsp3) is 0.452. The van der Waals surface area contributed by atoms with Crippen molar-refractivity contribution in [2.45, 2.75) is 90.3 Å². The van der Waals surface area contributed by atoms with E-state index >= 15 is 0 Å². The first-order valence-electron chi connectivity index (χ1n) is 13.4. The molecule has 0 bridgehead atoms. The molecule has 0 spiro atoms. The van der Waals surface area contributed by atoms with E-state index in [1.807, 2.05) is 30.3 Å². The Bertz CT molecular complexity index is 1050. The van der Waals surface area contributed by atoms with E-state index in [-0.39, 0.29) is 17.8 Å². The molecule has 3 nitrogen and oxygen atoms in total. The molecule has 1 aliphatic rings. The summed E-state index contributed by atoms with van der Waals surface area (Å²) in [4.78, 5) is 15.9. The first-order chi connectivity index (χ1) is 17.1. The second-order valence-electron chi connectivity index (χ2n) is 9.99. The molecular formula is C31H39FN2O. The number of hydrogen-bond donors (Lipinski definition) is 0. The van der Waals surface area contributed by atoms with Gasteiger partial charge in [0, 0.05) is 30.0 Å². The molecule has 35 heavy (non-hydrogen) atoms. The summed E-state index contributed by atoms with van der Waals surface area (Å²) in [6.45, 7) is 3.50. The maximum Gasteiger partial charge on any atom is 0.254 e. The Hall–Kier alpha value is -2.88. The molecule has 1 fully saturated rings. The highest BCUT2D eigenvalue weighted by atomic mass is 19.1. The van der Waals surface area contributed by atoms with Gasteiger partial charge in [0.25, 0.3) is 5.91 Å². The van der Waals surface area contributed by atoms with Crippen LogP contribution in [0.5, 0.6) is 0 Å². The average molecular weight is 475 g/mol. The molecule has 0 N–H and O–H groups in total. The number of carbonyl (C=O) groups is 1. The minimum absolute atomic E-state index is 0.129. The summed E-state index contributed by atoms with van der Waals surface area (Å²) in [5.41, 5.74) is 4.26. The third kappa shape index (κ3) is 7.06. The summed E-state index contributed by atoms with van der Waals surface area (Å²) in [7, 11) is 0. The fourth-order valence-electron chi connectivity index (χ4n) is 5.20. The monoisotopic (exact) mass is 474 g/mol. The van der Waals surface area contributed by atoms with Crippen molar-refractivity contribution in [1.29, 1.82) is 0 Å². The SMILES string of the molecule is CCCCCCc1ccc(C(=O)N(Cc2cccn2Cc2ccc(F)cc2)C2CCCCC2)cc1. The molecule has 0 unspecified atom stereocenters. The Morgan fingerprint density at radius 3 is 2.34 bits per heavy atom. The van der Waals surface area contributed by atoms with Crippen LogP contribution in [-0.4, -0.2) is 21.4 Å². The van der Waals surface area contributed by atoms with E-state index in [4.69, 9.17) is 0 Å². The average Bonchev–Trinajstić information content (AvgIpc) is 3.33. The molecule has 1 aliphatic carbocycles. The topological polar surface area (TPSA) is 25.2 Å². The maximum absolute atomic E-state index is 13.8. The normalized spacial score (nSPS) is 14.2. The molecule has 0 atom stereocenters. The lowest BCUT2D eigenvalue weighted by Gasteiger charge is -2.35. The van der Waals surface area contributed by atoms with Gasteiger partial charge in [0.2, 0.25) is 0 Å². The van der Waals surface area contributed by atoms with Crippen LogP contribution in [0.2, 0.25) is 0 Å². The Labute approximate surface area is 210 Å². The van der Waals surface area contributed by atoms with E-state index in [0.717, 1.165) is 36.1 Å². The highest BCUT2D eigenvalue weighted by molar-refractivity contribution is 5.94. The zero-order chi connectivity index (χ0) is 24.5. The van der Waals surface area contributed by atoms with Crippen molar-refractivity contribution in [3.8, 4) is 0 Å². The maximum atomic E-state index is 13.8. The van der Waals surface area contributed by atoms with Gasteiger partial charge in [-0.25, -0.2) is 4.39 Å². The standard InChI is InChI=1S/C31H39FN2O/c1-2-3-4-6-10-25-14-18-27(19-15-25)31(35)34(29-11-7-5-8-12-29)24-30-13-9-22-33(30)23-26-16-20-28(32)21-17-26/h9,13-22,29H,2-8,10-12,23-24H2,1H3. The van der Waals surface area contributed by atoms with Gasteiger partial charge in [-0.15, -0.1) is 0 Å². The van der Waals surface area contributed by atoms with E-state index in [9.17, 15) is 9.18 Å². The van der Waals surface area contributed by atoms with E-state index in [1.54, 1.807) is 0 Å². The molecule has 0 aliphatic heterocycles. The number of nitrogens with zero attached hydrogens (tertiary/aromatic N) is 2. The molecule has 0 radical (unpaired) electrons. The van der Waals surface area contributed by atoms with Crippen LogP contribution in [0.3, 0.4) is 0 Å². The summed E-state index contributed by atoms with van der Waals surface area (Å²) in [6, 6.07) is 19.4. The first-order valence-corrected chi connectivity index (χ1v) is 13.4. The minimum atomic E-state index is -0.220. The van der Waals surface area contributed by atoms with Gasteiger partial charge in [-0.1, -0.05) is 69.7 Å². The predicted molar refractivity (Wildman–Crippen MR) is 141 cm³/mol. The first kappa shape index (κ1) is 25.2. The minimum Gasteiger partial charge on any atom is -0.345 e. The van der Waals surface area contributed by atoms with E-state index < -0.39 is 0 Å². The summed E-state index contributed by atoms with van der Waals surface area (Å²) in [5.74, 6) is -0.0912. The molecule has 1 saturated carbocycles. The third-order valence-corrected chi connectivity index (χ3v) is 7.32. The molecule has 186 valence electrons. The van der Waals surface area contributed by atoms with Crippen LogP contribution in [0, 0.1) is 5.82 Å². The van der Waals surface area contributed by atoms with Gasteiger partial charge in [0.15, 0.2) is 0 Å². The number of halogens is 1. The lowest BCUT2D eigenvalue weighted by Crippen LogP contribution is -2.41. The Morgan fingerprint density at radius 1 is 0.914 bits per heavy atom. The predicted octanol–water partition coefficient (Wildman–Crippen LogP) is 7.77. The fourth-order valence-corrected chi connectivity index (χ4v) is 5.20.